The summed E-state index contributed by atoms with van der Waals surface area (Å²) in [4.78, 5) is 24.7. The van der Waals surface area contributed by atoms with E-state index in [1.165, 1.54) is 10.8 Å². The van der Waals surface area contributed by atoms with E-state index in [-0.39, 0.29) is 11.0 Å². The maximum atomic E-state index is 11.4. The van der Waals surface area contributed by atoms with E-state index < -0.39 is 17.4 Å². The highest BCUT2D eigenvalue weighted by Crippen LogP contribution is 2.18. The number of aromatic amines is 1. The predicted octanol–water partition coefficient (Wildman–Crippen LogP) is -0.588. The second-order valence-electron chi connectivity index (χ2n) is 4.23. The van der Waals surface area contributed by atoms with Crippen LogP contribution in [0.5, 0.6) is 0 Å². The van der Waals surface area contributed by atoms with Gasteiger partial charge in [-0.05, 0) is 28.8 Å². The van der Waals surface area contributed by atoms with Crippen LogP contribution in [0.2, 0.25) is 0 Å². The Morgan fingerprint density at radius 2 is 2.29 bits per heavy atom. The van der Waals surface area contributed by atoms with Crippen LogP contribution in [-0.2, 0) is 6.54 Å². The highest BCUT2D eigenvalue weighted by atomic mass is 79.9. The molecule has 94 valence electrons. The number of nitrogens with zero attached hydrogens (tertiary/aromatic N) is 1. The molecule has 0 saturated heterocycles. The van der Waals surface area contributed by atoms with Crippen molar-refractivity contribution in [2.24, 2.45) is 0 Å². The molecular formula is C10H14BrN3O3. The van der Waals surface area contributed by atoms with Crippen LogP contribution < -0.4 is 16.6 Å². The molecular weight excluding hydrogens is 290 g/mol. The summed E-state index contributed by atoms with van der Waals surface area (Å²) >= 11 is 3.04. The number of halogens is 1. The zero-order chi connectivity index (χ0) is 12.4. The number of aliphatic hydroxyl groups is 1. The van der Waals surface area contributed by atoms with Crippen LogP contribution in [0.3, 0.4) is 0 Å². The fourth-order valence-corrected chi connectivity index (χ4v) is 1.85. The molecule has 2 rings (SSSR count). The van der Waals surface area contributed by atoms with Gasteiger partial charge in [0.15, 0.2) is 0 Å². The Kier molecular flexibility index (Phi) is 3.80. The monoisotopic (exact) mass is 303 g/mol. The zero-order valence-electron chi connectivity index (χ0n) is 9.15. The molecule has 6 nitrogen and oxygen atoms in total. The molecule has 1 atom stereocenters. The molecule has 0 bridgehead atoms. The van der Waals surface area contributed by atoms with E-state index in [2.05, 4.69) is 26.2 Å². The van der Waals surface area contributed by atoms with Gasteiger partial charge in [-0.3, -0.25) is 14.3 Å². The Bertz CT molecular complexity index is 506. The van der Waals surface area contributed by atoms with Gasteiger partial charge in [-0.15, -0.1) is 0 Å². The molecule has 1 aromatic rings. The van der Waals surface area contributed by atoms with E-state index in [1.807, 2.05) is 0 Å². The quantitative estimate of drug-likeness (QED) is 0.679. The number of aliphatic hydroxyl groups excluding tert-OH is 1. The maximum Gasteiger partial charge on any atom is 0.328 e. The summed E-state index contributed by atoms with van der Waals surface area (Å²) in [6, 6.07) is 0.517. The standard InChI is InChI=1S/C10H14BrN3O3/c11-8-5-14(10(17)13-9(8)16)4-7(15)3-12-6-1-2-6/h5-7,12,15H,1-4H2,(H,13,16,17). The lowest BCUT2D eigenvalue weighted by Crippen LogP contribution is -2.37. The van der Waals surface area contributed by atoms with E-state index in [1.54, 1.807) is 0 Å². The number of hydrogen-bond donors (Lipinski definition) is 3. The lowest BCUT2D eigenvalue weighted by Gasteiger charge is -2.13. The van der Waals surface area contributed by atoms with E-state index in [0.717, 1.165) is 12.8 Å². The van der Waals surface area contributed by atoms with Crippen LogP contribution in [0.1, 0.15) is 12.8 Å². The van der Waals surface area contributed by atoms with Crippen molar-refractivity contribution in [2.45, 2.75) is 31.5 Å². The molecule has 1 unspecified atom stereocenters. The topological polar surface area (TPSA) is 87.1 Å². The van der Waals surface area contributed by atoms with Gasteiger partial charge in [-0.1, -0.05) is 0 Å². The molecule has 0 radical (unpaired) electrons. The lowest BCUT2D eigenvalue weighted by atomic mass is 10.3. The first kappa shape index (κ1) is 12.5. The van der Waals surface area contributed by atoms with E-state index in [4.69, 9.17) is 0 Å². The molecule has 1 heterocycles. The van der Waals surface area contributed by atoms with Crippen LogP contribution >= 0.6 is 15.9 Å². The van der Waals surface area contributed by atoms with Gasteiger partial charge in [0.2, 0.25) is 0 Å². The van der Waals surface area contributed by atoms with Crippen molar-refractivity contribution >= 4 is 15.9 Å². The number of hydrogen-bond acceptors (Lipinski definition) is 4. The average Bonchev–Trinajstić information content (AvgIpc) is 3.07. The van der Waals surface area contributed by atoms with Crippen LogP contribution in [-0.4, -0.2) is 33.3 Å². The molecule has 17 heavy (non-hydrogen) atoms. The normalized spacial score (nSPS) is 17.1. The van der Waals surface area contributed by atoms with Crippen LogP contribution in [0.15, 0.2) is 20.3 Å². The summed E-state index contributed by atoms with van der Waals surface area (Å²) in [5.41, 5.74) is -0.972. The molecule has 1 aliphatic carbocycles. The SMILES string of the molecule is O=c1[nH]c(=O)n(CC(O)CNC2CC2)cc1Br. The van der Waals surface area contributed by atoms with Crippen LogP contribution in [0.4, 0.5) is 0 Å². The summed E-state index contributed by atoms with van der Waals surface area (Å²) in [5.74, 6) is 0. The summed E-state index contributed by atoms with van der Waals surface area (Å²) in [7, 11) is 0. The molecule has 7 heteroatoms. The van der Waals surface area contributed by atoms with E-state index in [9.17, 15) is 14.7 Å². The minimum absolute atomic E-state index is 0.161. The smallest absolute Gasteiger partial charge is 0.328 e. The molecule has 0 aromatic carbocycles. The predicted molar refractivity (Wildman–Crippen MR) is 66.1 cm³/mol. The Morgan fingerprint density at radius 3 is 2.94 bits per heavy atom. The second-order valence-corrected chi connectivity index (χ2v) is 5.08. The molecule has 1 aromatic heterocycles. The first-order chi connectivity index (χ1) is 8.06. The Balaban J connectivity index is 1.99. The summed E-state index contributed by atoms with van der Waals surface area (Å²) in [6.45, 7) is 0.613. The highest BCUT2D eigenvalue weighted by molar-refractivity contribution is 9.10. The Labute approximate surface area is 106 Å². The van der Waals surface area contributed by atoms with Gasteiger partial charge in [-0.2, -0.15) is 0 Å². The molecule has 1 fully saturated rings. The lowest BCUT2D eigenvalue weighted by molar-refractivity contribution is 0.149. The van der Waals surface area contributed by atoms with Gasteiger partial charge in [0.1, 0.15) is 0 Å². The number of aromatic nitrogens is 2. The molecule has 0 aliphatic heterocycles. The van der Waals surface area contributed by atoms with Crippen molar-refractivity contribution in [1.82, 2.24) is 14.9 Å². The fraction of sp³-hybridized carbons (Fsp3) is 0.600. The summed E-state index contributed by atoms with van der Waals surface area (Å²) in [6.07, 6.45) is 3.04. The zero-order valence-corrected chi connectivity index (χ0v) is 10.7. The highest BCUT2D eigenvalue weighted by Gasteiger charge is 2.21. The van der Waals surface area contributed by atoms with Crippen molar-refractivity contribution in [3.63, 3.8) is 0 Å². The Morgan fingerprint density at radius 1 is 1.59 bits per heavy atom. The summed E-state index contributed by atoms with van der Waals surface area (Å²) < 4.78 is 1.56. The van der Waals surface area contributed by atoms with Gasteiger partial charge in [0, 0.05) is 18.8 Å². The van der Waals surface area contributed by atoms with Crippen LogP contribution in [0.25, 0.3) is 0 Å². The van der Waals surface area contributed by atoms with Gasteiger partial charge in [0.05, 0.1) is 17.1 Å². The third-order valence-electron chi connectivity index (χ3n) is 2.59. The molecule has 1 saturated carbocycles. The molecule has 0 amide bonds. The van der Waals surface area contributed by atoms with Crippen molar-refractivity contribution in [1.29, 1.82) is 0 Å². The van der Waals surface area contributed by atoms with Crippen molar-refractivity contribution in [3.8, 4) is 0 Å². The van der Waals surface area contributed by atoms with Gasteiger partial charge in [-0.25, -0.2) is 4.79 Å². The number of nitrogens with one attached hydrogen (secondary N) is 2. The van der Waals surface area contributed by atoms with Crippen molar-refractivity contribution in [2.75, 3.05) is 6.54 Å². The van der Waals surface area contributed by atoms with Gasteiger partial charge >= 0.3 is 5.69 Å². The van der Waals surface area contributed by atoms with E-state index in [0.29, 0.717) is 12.6 Å². The number of rotatable bonds is 5. The number of H-pyrrole nitrogens is 1. The minimum Gasteiger partial charge on any atom is -0.390 e. The fourth-order valence-electron chi connectivity index (χ4n) is 1.50. The largest absolute Gasteiger partial charge is 0.390 e. The van der Waals surface area contributed by atoms with Gasteiger partial charge < -0.3 is 10.4 Å². The van der Waals surface area contributed by atoms with Gasteiger partial charge in [0.25, 0.3) is 5.56 Å². The Hall–Kier alpha value is -0.920. The van der Waals surface area contributed by atoms with Crippen LogP contribution in [0, 0.1) is 0 Å². The first-order valence-electron chi connectivity index (χ1n) is 5.47. The third-order valence-corrected chi connectivity index (χ3v) is 3.16. The summed E-state index contributed by atoms with van der Waals surface area (Å²) in [5, 5.41) is 12.9. The second kappa shape index (κ2) is 5.16. The van der Waals surface area contributed by atoms with Crippen molar-refractivity contribution < 1.29 is 5.11 Å². The molecule has 1 aliphatic rings. The first-order valence-corrected chi connectivity index (χ1v) is 6.26. The third kappa shape index (κ3) is 3.52. The molecule has 0 spiro atoms. The minimum atomic E-state index is -0.647. The van der Waals surface area contributed by atoms with E-state index >= 15 is 0 Å². The maximum absolute atomic E-state index is 11.4. The average molecular weight is 304 g/mol. The molecule has 3 N–H and O–H groups in total. The van der Waals surface area contributed by atoms with Crippen molar-refractivity contribution in [3.05, 3.63) is 31.5 Å².